The standard InChI is InChI=1S/C30H31N5O4S/c1-17-16-20(39-19-8-4-3-5-9-19)12-13-23(17)35-24-14-15-31-29-25(24)26(34-30(35)38)27(40-29)28(37)33-22-11-7-6-10-21(22)32-18(2)36/h3-5,8-9,12-16,21-22,26-27H,6-7,10-11H2,1-2H3,(H,32,36)(H,33,37)(H,34,38)/t21-,22-,26?,27?/m0/s1. The largest absolute Gasteiger partial charge is 0.457 e. The van der Waals surface area contributed by atoms with Gasteiger partial charge in [-0.25, -0.2) is 9.78 Å². The van der Waals surface area contributed by atoms with Crippen LogP contribution in [0.2, 0.25) is 0 Å². The summed E-state index contributed by atoms with van der Waals surface area (Å²) in [6, 6.07) is 15.9. The molecule has 40 heavy (non-hydrogen) atoms. The quantitative estimate of drug-likeness (QED) is 0.388. The first-order valence-electron chi connectivity index (χ1n) is 13.6. The molecule has 2 unspecified atom stereocenters. The van der Waals surface area contributed by atoms with Crippen LogP contribution in [0.5, 0.6) is 11.5 Å². The number of urea groups is 1. The van der Waals surface area contributed by atoms with Crippen LogP contribution in [-0.4, -0.2) is 40.2 Å². The zero-order valence-corrected chi connectivity index (χ0v) is 23.2. The molecule has 4 amide bonds. The number of benzene rings is 2. The minimum Gasteiger partial charge on any atom is -0.457 e. The van der Waals surface area contributed by atoms with E-state index in [0.717, 1.165) is 59.0 Å². The molecule has 2 aromatic carbocycles. The number of aryl methyl sites for hydroxylation is 1. The van der Waals surface area contributed by atoms with Crippen LogP contribution >= 0.6 is 11.8 Å². The molecule has 3 aromatic rings. The molecule has 9 nitrogen and oxygen atoms in total. The van der Waals surface area contributed by atoms with Crippen molar-refractivity contribution in [3.63, 3.8) is 0 Å². The number of pyridine rings is 1. The van der Waals surface area contributed by atoms with Gasteiger partial charge in [0.25, 0.3) is 0 Å². The van der Waals surface area contributed by atoms with E-state index in [9.17, 15) is 14.4 Å². The number of para-hydroxylation sites is 1. The molecule has 4 atom stereocenters. The highest BCUT2D eigenvalue weighted by atomic mass is 32.2. The van der Waals surface area contributed by atoms with Gasteiger partial charge in [0.2, 0.25) is 11.8 Å². The summed E-state index contributed by atoms with van der Waals surface area (Å²) in [4.78, 5) is 45.1. The molecule has 1 fully saturated rings. The Balaban J connectivity index is 1.24. The second kappa shape index (κ2) is 10.8. The Labute approximate surface area is 237 Å². The van der Waals surface area contributed by atoms with Crippen molar-refractivity contribution in [2.75, 3.05) is 4.90 Å². The Morgan fingerprint density at radius 1 is 1.00 bits per heavy atom. The topological polar surface area (TPSA) is 113 Å². The van der Waals surface area contributed by atoms with Crippen LogP contribution < -0.4 is 25.6 Å². The molecule has 1 saturated carbocycles. The average Bonchev–Trinajstić information content (AvgIpc) is 3.30. The fourth-order valence-corrected chi connectivity index (χ4v) is 7.07. The maximum Gasteiger partial charge on any atom is 0.327 e. The number of amides is 4. The van der Waals surface area contributed by atoms with Gasteiger partial charge < -0.3 is 20.7 Å². The number of hydrogen-bond acceptors (Lipinski definition) is 6. The molecule has 0 radical (unpaired) electrons. The number of hydrogen-bond donors (Lipinski definition) is 3. The highest BCUT2D eigenvalue weighted by Crippen LogP contribution is 2.51. The smallest absolute Gasteiger partial charge is 0.327 e. The SMILES string of the molecule is CC(=O)N[C@H]1CCCC[C@@H]1NC(=O)C1Sc2nccc3c2C1NC(=O)N3c1ccc(Oc2ccccc2)cc1C. The third kappa shape index (κ3) is 4.99. The molecule has 3 heterocycles. The average molecular weight is 558 g/mol. The third-order valence-corrected chi connectivity index (χ3v) is 8.92. The van der Waals surface area contributed by atoms with Gasteiger partial charge in [-0.05, 0) is 61.7 Å². The van der Waals surface area contributed by atoms with Crippen molar-refractivity contribution in [3.8, 4) is 11.5 Å². The Hall–Kier alpha value is -4.05. The maximum absolute atomic E-state index is 13.6. The van der Waals surface area contributed by atoms with Gasteiger partial charge in [-0.1, -0.05) is 42.8 Å². The lowest BCUT2D eigenvalue weighted by Gasteiger charge is -2.36. The zero-order chi connectivity index (χ0) is 27.8. The van der Waals surface area contributed by atoms with E-state index < -0.39 is 11.3 Å². The van der Waals surface area contributed by atoms with Crippen LogP contribution in [0.25, 0.3) is 0 Å². The summed E-state index contributed by atoms with van der Waals surface area (Å²) in [7, 11) is 0. The van der Waals surface area contributed by atoms with E-state index in [4.69, 9.17) is 4.74 Å². The molecular weight excluding hydrogens is 526 g/mol. The normalized spacial score (nSPS) is 23.1. The van der Waals surface area contributed by atoms with Crippen molar-refractivity contribution in [2.24, 2.45) is 0 Å². The zero-order valence-electron chi connectivity index (χ0n) is 22.3. The molecule has 1 aromatic heterocycles. The molecule has 3 N–H and O–H groups in total. The minimum absolute atomic E-state index is 0.0917. The lowest BCUT2D eigenvalue weighted by molar-refractivity contribution is -0.124. The highest BCUT2D eigenvalue weighted by Gasteiger charge is 2.47. The summed E-state index contributed by atoms with van der Waals surface area (Å²) in [6.45, 7) is 3.44. The third-order valence-electron chi connectivity index (χ3n) is 7.63. The lowest BCUT2D eigenvalue weighted by Crippen LogP contribution is -2.56. The second-order valence-electron chi connectivity index (χ2n) is 10.4. The van der Waals surface area contributed by atoms with Crippen molar-refractivity contribution in [3.05, 3.63) is 71.9 Å². The molecule has 6 rings (SSSR count). The molecule has 0 spiro atoms. The summed E-state index contributed by atoms with van der Waals surface area (Å²) in [6.07, 6.45) is 5.33. The Morgan fingerprint density at radius 3 is 2.48 bits per heavy atom. The fraction of sp³-hybridized carbons (Fsp3) is 0.333. The summed E-state index contributed by atoms with van der Waals surface area (Å²) in [5.41, 5.74) is 3.16. The predicted octanol–water partition coefficient (Wildman–Crippen LogP) is 5.12. The first-order chi connectivity index (χ1) is 19.4. The van der Waals surface area contributed by atoms with Gasteiger partial charge in [-0.2, -0.15) is 0 Å². The molecule has 10 heteroatoms. The van der Waals surface area contributed by atoms with E-state index in [1.807, 2.05) is 61.5 Å². The van der Waals surface area contributed by atoms with Crippen LogP contribution in [-0.2, 0) is 9.59 Å². The van der Waals surface area contributed by atoms with E-state index in [1.165, 1.54) is 18.7 Å². The van der Waals surface area contributed by atoms with Gasteiger partial charge in [-0.3, -0.25) is 14.5 Å². The van der Waals surface area contributed by atoms with Gasteiger partial charge in [0.1, 0.15) is 21.8 Å². The number of thioether (sulfide) groups is 1. The molecular formula is C30H31N5O4S. The predicted molar refractivity (Wildman–Crippen MR) is 153 cm³/mol. The first kappa shape index (κ1) is 26.2. The molecule has 206 valence electrons. The van der Waals surface area contributed by atoms with Crippen LogP contribution in [0.1, 0.15) is 49.8 Å². The van der Waals surface area contributed by atoms with Crippen LogP contribution in [0, 0.1) is 6.92 Å². The van der Waals surface area contributed by atoms with Crippen molar-refractivity contribution >= 4 is 41.0 Å². The van der Waals surface area contributed by atoms with Crippen molar-refractivity contribution in [1.82, 2.24) is 20.9 Å². The van der Waals surface area contributed by atoms with E-state index in [0.29, 0.717) is 5.75 Å². The molecule has 3 aliphatic rings. The van der Waals surface area contributed by atoms with Crippen LogP contribution in [0.4, 0.5) is 16.2 Å². The number of aromatic nitrogens is 1. The van der Waals surface area contributed by atoms with E-state index in [2.05, 4.69) is 20.9 Å². The Bertz CT molecular complexity index is 1470. The monoisotopic (exact) mass is 557 g/mol. The van der Waals surface area contributed by atoms with Gasteiger partial charge in [0, 0.05) is 30.8 Å². The van der Waals surface area contributed by atoms with Crippen molar-refractivity contribution in [2.45, 2.75) is 67.9 Å². The number of anilines is 2. The molecule has 2 aliphatic heterocycles. The van der Waals surface area contributed by atoms with Crippen molar-refractivity contribution in [1.29, 1.82) is 0 Å². The Morgan fingerprint density at radius 2 is 1.75 bits per heavy atom. The molecule has 0 saturated heterocycles. The van der Waals surface area contributed by atoms with Gasteiger partial charge in [0.05, 0.1) is 17.4 Å². The van der Waals surface area contributed by atoms with Crippen LogP contribution in [0.15, 0.2) is 65.8 Å². The summed E-state index contributed by atoms with van der Waals surface area (Å²) < 4.78 is 5.98. The number of nitrogens with one attached hydrogen (secondary N) is 3. The van der Waals surface area contributed by atoms with Gasteiger partial charge in [0.15, 0.2) is 0 Å². The van der Waals surface area contributed by atoms with E-state index >= 15 is 0 Å². The fourth-order valence-electron chi connectivity index (χ4n) is 5.83. The number of rotatable bonds is 6. The summed E-state index contributed by atoms with van der Waals surface area (Å²) in [5.74, 6) is 1.15. The molecule has 0 bridgehead atoms. The highest BCUT2D eigenvalue weighted by molar-refractivity contribution is 8.01. The minimum atomic E-state index is -0.558. The van der Waals surface area contributed by atoms with Crippen molar-refractivity contribution < 1.29 is 19.1 Å². The number of carbonyl (C=O) groups excluding carboxylic acids is 3. The second-order valence-corrected chi connectivity index (χ2v) is 11.6. The number of nitrogens with zero attached hydrogens (tertiary/aromatic N) is 2. The number of carbonyl (C=O) groups is 3. The van der Waals surface area contributed by atoms with E-state index in [1.54, 1.807) is 11.1 Å². The Kier molecular flexibility index (Phi) is 7.10. The lowest BCUT2D eigenvalue weighted by atomic mass is 9.89. The molecule has 1 aliphatic carbocycles. The van der Waals surface area contributed by atoms with E-state index in [-0.39, 0.29) is 29.9 Å². The summed E-state index contributed by atoms with van der Waals surface area (Å²) >= 11 is 1.37. The first-order valence-corrected chi connectivity index (χ1v) is 14.4. The maximum atomic E-state index is 13.6. The summed E-state index contributed by atoms with van der Waals surface area (Å²) in [5, 5.41) is 9.41. The van der Waals surface area contributed by atoms with Gasteiger partial charge >= 0.3 is 6.03 Å². The number of ether oxygens (including phenoxy) is 1. The van der Waals surface area contributed by atoms with Gasteiger partial charge in [-0.15, -0.1) is 0 Å². The van der Waals surface area contributed by atoms with Crippen LogP contribution in [0.3, 0.4) is 0 Å².